The number of aromatic nitrogens is 14. The number of H-pyrrole nitrogens is 2. The number of hydrogen-bond acceptors (Lipinski definition) is 16. The lowest BCUT2D eigenvalue weighted by molar-refractivity contribution is 0.00791. The summed E-state index contributed by atoms with van der Waals surface area (Å²) in [7, 11) is -7.82. The Morgan fingerprint density at radius 1 is 0.398 bits per heavy atom. The molecule has 13 heterocycles. The van der Waals surface area contributed by atoms with E-state index in [-0.39, 0.29) is 14.7 Å². The fourth-order valence-corrected chi connectivity index (χ4v) is 22.4. The quantitative estimate of drug-likeness (QED) is 0.109. The molecule has 3 N–H and O–H groups in total. The molecular weight excluding hydrogens is 1830 g/mol. The third-order valence-corrected chi connectivity index (χ3v) is 29.4. The summed E-state index contributed by atoms with van der Waals surface area (Å²) in [4.78, 5) is 31.4. The molecule has 123 heavy (non-hydrogen) atoms. The number of benzene rings is 8. The molecule has 0 spiro atoms. The SMILES string of the molecule is Clc1ccnc2[nH]c3ccc(Br)cc3c12.Clc1ccnc2[nH]c3ccccc3c12.Cn1cc(-c2ccc3c(c2)c2c(Cl)ccnc2n3S(=O)(=O)c2ccccc2)cn1.Cn1cc(-c2ccc3c(c2)c2c(NC4CCC(N5CCOCC5)CC4)ccnc2n3S(=O)(=O)c2ccccc2)cn1.O=S(=O)(c1ccccc1)n1c2ccc(Br)cc2c2c(Cl)ccnc21. The number of ether oxygens (including phenoxy) is 1. The monoisotopic (exact) mass is 1890 g/mol. The number of morpholine rings is 1. The number of anilines is 1. The number of aryl methyl sites for hydroxylation is 2. The van der Waals surface area contributed by atoms with Gasteiger partial charge in [0.05, 0.1) is 82.3 Å². The molecule has 2 aliphatic rings. The lowest BCUT2D eigenvalue weighted by Gasteiger charge is -2.39. The van der Waals surface area contributed by atoms with Crippen molar-refractivity contribution in [2.75, 3.05) is 31.6 Å². The van der Waals surface area contributed by atoms with Crippen molar-refractivity contribution in [1.82, 2.24) is 71.3 Å². The summed E-state index contributed by atoms with van der Waals surface area (Å²) < 4.78 is 96.2. The molecule has 32 heteroatoms. The lowest BCUT2D eigenvalue weighted by atomic mass is 9.89. The predicted molar refractivity (Wildman–Crippen MR) is 498 cm³/mol. The third kappa shape index (κ3) is 16.0. The molecule has 12 aromatic heterocycles. The van der Waals surface area contributed by atoms with Crippen LogP contribution >= 0.6 is 78.3 Å². The molecule has 1 saturated carbocycles. The number of fused-ring (bicyclic) bond motifs is 15. The Labute approximate surface area is 742 Å². The van der Waals surface area contributed by atoms with E-state index in [1.54, 1.807) is 155 Å². The van der Waals surface area contributed by atoms with Crippen LogP contribution in [-0.4, -0.2) is 135 Å². The second-order valence-electron chi connectivity index (χ2n) is 29.5. The highest BCUT2D eigenvalue weighted by atomic mass is 79.9. The van der Waals surface area contributed by atoms with E-state index in [4.69, 9.17) is 51.1 Å². The van der Waals surface area contributed by atoms with Crippen molar-refractivity contribution in [3.05, 3.63) is 303 Å². The zero-order valence-corrected chi connectivity index (χ0v) is 74.1. The van der Waals surface area contributed by atoms with E-state index >= 15 is 0 Å². The maximum Gasteiger partial charge on any atom is 0.269 e. The Bertz CT molecular complexity index is 7810. The standard InChI is InChI=1S/C31H34N6O3S.C21H15ClN4O2S.C17H10BrClN2O2S.C11H6BrClN2.C11H7ClN2/c1-35-21-23(20-33-35)22-7-12-29-27(19-22)30-28(34-24-8-10-25(11-9-24)36-15-17-40-18-16-36)13-14-32-31(30)37(29)41(38,39)26-5-3-2-4-6-26;1-25-13-15(12-24-25)14-7-8-19-17(11-14)20-18(22)9-10-23-21(20)26(19)29(27,28)16-5-3-2-4-6-16;18-11-6-7-15-13(10-11)16-14(19)8-9-20-17(16)21(15)24(22,23)12-4-2-1-3-5-12;12-6-1-2-9-7(5-6)10-8(13)3-4-14-11(10)15-9;12-8-5-6-13-11-10(8)7-3-1-2-4-9(7)14-11/h2-7,12-14,19-21,24-25H,8-11,15-18H2,1H3,(H,32,34);2-13H,1H3;1-10H;1-5H,(H,14,15);1-6H,(H,13,14). The van der Waals surface area contributed by atoms with Gasteiger partial charge in [0.1, 0.15) is 11.3 Å². The third-order valence-electron chi connectivity index (χ3n) is 22.0. The first-order valence-electron chi connectivity index (χ1n) is 39.0. The van der Waals surface area contributed by atoms with Gasteiger partial charge in [-0.15, -0.1) is 0 Å². The van der Waals surface area contributed by atoms with Gasteiger partial charge in [-0.25, -0.2) is 62.1 Å². The molecule has 1 saturated heterocycles. The summed E-state index contributed by atoms with van der Waals surface area (Å²) in [6.45, 7) is 3.68. The van der Waals surface area contributed by atoms with Crippen LogP contribution in [0.3, 0.4) is 0 Å². The molecule has 22 rings (SSSR count). The molecule has 1 aliphatic heterocycles. The van der Waals surface area contributed by atoms with Crippen molar-refractivity contribution in [1.29, 1.82) is 0 Å². The molecule has 1 aliphatic carbocycles. The van der Waals surface area contributed by atoms with Crippen molar-refractivity contribution < 1.29 is 30.0 Å². The van der Waals surface area contributed by atoms with Crippen molar-refractivity contribution >= 4 is 224 Å². The average molecular weight is 1900 g/mol. The number of pyridine rings is 5. The molecule has 0 atom stereocenters. The van der Waals surface area contributed by atoms with Gasteiger partial charge in [0, 0.05) is 168 Å². The van der Waals surface area contributed by atoms with E-state index in [1.807, 2.05) is 124 Å². The summed E-state index contributed by atoms with van der Waals surface area (Å²) in [6.07, 6.45) is 20.0. The van der Waals surface area contributed by atoms with Crippen molar-refractivity contribution in [3.63, 3.8) is 0 Å². The summed E-state index contributed by atoms with van der Waals surface area (Å²) >= 11 is 32.0. The molecule has 8 aromatic carbocycles. The van der Waals surface area contributed by atoms with E-state index in [9.17, 15) is 25.3 Å². The Morgan fingerprint density at radius 2 is 0.789 bits per heavy atom. The van der Waals surface area contributed by atoms with Crippen LogP contribution in [0, 0.1) is 0 Å². The van der Waals surface area contributed by atoms with Crippen LogP contribution in [0.5, 0.6) is 0 Å². The van der Waals surface area contributed by atoms with Gasteiger partial charge in [0.25, 0.3) is 30.1 Å². The van der Waals surface area contributed by atoms with Gasteiger partial charge in [-0.05, 0) is 170 Å². The van der Waals surface area contributed by atoms with Gasteiger partial charge in [0.2, 0.25) is 0 Å². The van der Waals surface area contributed by atoms with Crippen LogP contribution in [0.2, 0.25) is 20.1 Å². The van der Waals surface area contributed by atoms with Crippen LogP contribution < -0.4 is 5.32 Å². The first-order valence-corrected chi connectivity index (χ1v) is 46.5. The second kappa shape index (κ2) is 34.4. The van der Waals surface area contributed by atoms with Crippen LogP contribution in [0.1, 0.15) is 25.7 Å². The topological polar surface area (TPSA) is 273 Å². The zero-order valence-electron chi connectivity index (χ0n) is 65.5. The highest BCUT2D eigenvalue weighted by Gasteiger charge is 2.32. The molecule has 0 bridgehead atoms. The molecular formula is C91H72Br2Cl4N16O7S3. The van der Waals surface area contributed by atoms with E-state index in [1.165, 1.54) is 24.3 Å². The molecule has 23 nitrogen and oxygen atoms in total. The minimum Gasteiger partial charge on any atom is -0.382 e. The van der Waals surface area contributed by atoms with Gasteiger partial charge in [-0.2, -0.15) is 10.2 Å². The number of nitrogens with zero attached hydrogens (tertiary/aromatic N) is 13. The van der Waals surface area contributed by atoms with E-state index in [2.05, 4.69) is 93.2 Å². The van der Waals surface area contributed by atoms with Crippen molar-refractivity contribution in [2.45, 2.75) is 52.5 Å². The molecule has 0 unspecified atom stereocenters. The summed E-state index contributed by atoms with van der Waals surface area (Å²) in [5, 5.41) is 23.3. The first-order chi connectivity index (χ1) is 59.6. The second-order valence-corrected chi connectivity index (χ2v) is 38.4. The first kappa shape index (κ1) is 82.6. The number of hydrogen-bond donors (Lipinski definition) is 3. The predicted octanol–water partition coefficient (Wildman–Crippen LogP) is 21.7. The minimum absolute atomic E-state index is 0.192. The Balaban J connectivity index is 0.000000111. The van der Waals surface area contributed by atoms with Crippen molar-refractivity contribution in [3.8, 4) is 22.3 Å². The number of aromatic amines is 2. The van der Waals surface area contributed by atoms with Crippen molar-refractivity contribution in [2.24, 2.45) is 14.1 Å². The normalized spacial score (nSPS) is 14.7. The molecule has 618 valence electrons. The van der Waals surface area contributed by atoms with Gasteiger partial charge in [-0.1, -0.05) is 163 Å². The average Bonchev–Trinajstić information content (AvgIpc) is 1.58. The van der Waals surface area contributed by atoms with Crippen LogP contribution in [0.25, 0.3) is 132 Å². The Morgan fingerprint density at radius 3 is 1.27 bits per heavy atom. The Kier molecular flexibility index (Phi) is 23.1. The molecule has 0 radical (unpaired) electrons. The van der Waals surface area contributed by atoms with Gasteiger partial charge in [0.15, 0.2) is 16.9 Å². The number of rotatable bonds is 11. The summed E-state index contributed by atoms with van der Waals surface area (Å²) in [5.41, 5.74) is 11.2. The zero-order chi connectivity index (χ0) is 85.0. The number of nitrogens with one attached hydrogen (secondary N) is 3. The van der Waals surface area contributed by atoms with Gasteiger partial charge < -0.3 is 20.0 Å². The highest BCUT2D eigenvalue weighted by Crippen LogP contribution is 2.43. The van der Waals surface area contributed by atoms with E-state index in [0.29, 0.717) is 66.4 Å². The lowest BCUT2D eigenvalue weighted by Crippen LogP contribution is -2.46. The molecule has 0 amide bonds. The largest absolute Gasteiger partial charge is 0.382 e. The summed E-state index contributed by atoms with van der Waals surface area (Å²) in [6, 6.07) is 66.0. The van der Waals surface area contributed by atoms with Crippen LogP contribution in [0.4, 0.5) is 5.69 Å². The number of para-hydroxylation sites is 1. The van der Waals surface area contributed by atoms with E-state index < -0.39 is 30.1 Å². The summed E-state index contributed by atoms with van der Waals surface area (Å²) in [5.74, 6) is 0. The maximum absolute atomic E-state index is 14.0. The van der Waals surface area contributed by atoms with Gasteiger partial charge in [-0.3, -0.25) is 14.3 Å². The fourth-order valence-electron chi connectivity index (χ4n) is 16.3. The molecule has 20 aromatic rings. The van der Waals surface area contributed by atoms with Gasteiger partial charge >= 0.3 is 0 Å². The van der Waals surface area contributed by atoms with Crippen LogP contribution in [-0.2, 0) is 48.9 Å². The smallest absolute Gasteiger partial charge is 0.269 e. The Hall–Kier alpha value is -11.4. The maximum atomic E-state index is 14.0. The fraction of sp³-hybridized carbons (Fsp3) is 0.132. The molecule has 2 fully saturated rings. The van der Waals surface area contributed by atoms with E-state index in [0.717, 1.165) is 164 Å². The highest BCUT2D eigenvalue weighted by molar-refractivity contribution is 9.10. The number of halogens is 6. The minimum atomic E-state index is -3.90. The van der Waals surface area contributed by atoms with Crippen LogP contribution in [0.15, 0.2) is 298 Å².